The fourth-order valence-electron chi connectivity index (χ4n) is 1.58. The monoisotopic (exact) mass is 250 g/mol. The van der Waals surface area contributed by atoms with Gasteiger partial charge >= 0.3 is 18.9 Å². The van der Waals surface area contributed by atoms with Gasteiger partial charge in [-0.05, 0) is 30.5 Å². The van der Waals surface area contributed by atoms with Crippen molar-refractivity contribution in [2.24, 2.45) is 0 Å². The third-order valence-corrected chi connectivity index (χ3v) is 3.41. The van der Waals surface area contributed by atoms with Crippen LogP contribution in [0.3, 0.4) is 0 Å². The third kappa shape index (κ3) is 6.28. The van der Waals surface area contributed by atoms with Crippen LogP contribution in [0.5, 0.6) is 0 Å². The molecule has 1 N–H and O–H groups in total. The molecule has 0 saturated carbocycles. The fraction of sp³-hybridized carbons (Fsp3) is 0.500. The van der Waals surface area contributed by atoms with E-state index in [9.17, 15) is 8.42 Å². The van der Waals surface area contributed by atoms with Crippen LogP contribution in [0.15, 0.2) is 29.2 Å². The molecule has 0 unspecified atom stereocenters. The van der Waals surface area contributed by atoms with E-state index in [1.807, 2.05) is 0 Å². The Morgan fingerprint density at radius 1 is 1.06 bits per heavy atom. The Balaban J connectivity index is 0.00000256. The van der Waals surface area contributed by atoms with Crippen molar-refractivity contribution in [2.45, 2.75) is 43.9 Å². The predicted octanol–water partition coefficient (Wildman–Crippen LogP) is 2.41. The molecule has 0 atom stereocenters. The molecule has 1 aromatic rings. The van der Waals surface area contributed by atoms with Gasteiger partial charge in [0.05, 0.1) is 4.90 Å². The summed E-state index contributed by atoms with van der Waals surface area (Å²) < 4.78 is 30.4. The first-order valence-electron chi connectivity index (χ1n) is 5.60. The molecule has 0 amide bonds. The standard InChI is InChI=1S/C12H18O3S.Li.H/c1-2-3-4-5-6-11-7-9-12(10-8-11)16(13,14)15;;/h7-10H,2-6H2,1H3,(H,13,14,15);;. The van der Waals surface area contributed by atoms with Gasteiger partial charge in [-0.2, -0.15) is 8.42 Å². The van der Waals surface area contributed by atoms with Crippen LogP contribution in [0.25, 0.3) is 0 Å². The molecule has 17 heavy (non-hydrogen) atoms. The molecule has 0 heterocycles. The number of hydrogen-bond donors (Lipinski definition) is 1. The fourth-order valence-corrected chi connectivity index (χ4v) is 2.06. The van der Waals surface area contributed by atoms with Crippen LogP contribution < -0.4 is 0 Å². The van der Waals surface area contributed by atoms with E-state index in [4.69, 9.17) is 4.55 Å². The molecule has 3 nitrogen and oxygen atoms in total. The molecular weight excluding hydrogens is 231 g/mol. The second-order valence-electron chi connectivity index (χ2n) is 3.93. The molecule has 0 aliphatic heterocycles. The molecule has 0 aromatic heterocycles. The van der Waals surface area contributed by atoms with Crippen LogP contribution in [0.4, 0.5) is 0 Å². The van der Waals surface area contributed by atoms with Crippen molar-refractivity contribution in [3.8, 4) is 0 Å². The summed E-state index contributed by atoms with van der Waals surface area (Å²) in [6, 6.07) is 6.42. The number of hydrogen-bond acceptors (Lipinski definition) is 2. The Kier molecular flexibility index (Phi) is 7.81. The van der Waals surface area contributed by atoms with E-state index in [-0.39, 0.29) is 23.8 Å². The van der Waals surface area contributed by atoms with Crippen molar-refractivity contribution in [1.29, 1.82) is 0 Å². The molecule has 0 saturated heterocycles. The van der Waals surface area contributed by atoms with Crippen molar-refractivity contribution < 1.29 is 13.0 Å². The summed E-state index contributed by atoms with van der Waals surface area (Å²) in [7, 11) is -4.05. The first-order valence-corrected chi connectivity index (χ1v) is 7.04. The zero-order valence-electron chi connectivity index (χ0n) is 9.52. The number of benzene rings is 1. The van der Waals surface area contributed by atoms with Gasteiger partial charge in [-0.15, -0.1) is 0 Å². The van der Waals surface area contributed by atoms with Gasteiger partial charge in [-0.25, -0.2) is 0 Å². The molecule has 5 heteroatoms. The maximum atomic E-state index is 10.8. The molecule has 0 aliphatic carbocycles. The summed E-state index contributed by atoms with van der Waals surface area (Å²) in [5, 5.41) is 0. The van der Waals surface area contributed by atoms with Crippen molar-refractivity contribution in [2.75, 3.05) is 0 Å². The molecule has 0 radical (unpaired) electrons. The van der Waals surface area contributed by atoms with Crippen molar-refractivity contribution in [3.63, 3.8) is 0 Å². The van der Waals surface area contributed by atoms with Gasteiger partial charge in [0.15, 0.2) is 0 Å². The molecule has 0 aliphatic rings. The van der Waals surface area contributed by atoms with Gasteiger partial charge in [-0.3, -0.25) is 4.55 Å². The molecule has 0 spiro atoms. The van der Waals surface area contributed by atoms with Gasteiger partial charge in [0, 0.05) is 0 Å². The average Bonchev–Trinajstić information content (AvgIpc) is 2.24. The minimum absolute atomic E-state index is 0. The molecule has 92 valence electrons. The first kappa shape index (κ1) is 16.7. The van der Waals surface area contributed by atoms with Crippen LogP contribution >= 0.6 is 0 Å². The van der Waals surface area contributed by atoms with Gasteiger partial charge in [-0.1, -0.05) is 38.3 Å². The van der Waals surface area contributed by atoms with E-state index >= 15 is 0 Å². The summed E-state index contributed by atoms with van der Waals surface area (Å²) in [5.74, 6) is 0. The zero-order chi connectivity index (χ0) is 12.0. The quantitative estimate of drug-likeness (QED) is 0.479. The molecule has 0 fully saturated rings. The Morgan fingerprint density at radius 3 is 2.12 bits per heavy atom. The van der Waals surface area contributed by atoms with E-state index in [1.165, 1.54) is 31.4 Å². The normalized spacial score (nSPS) is 10.9. The summed E-state index contributed by atoms with van der Waals surface area (Å²) in [5.41, 5.74) is 1.11. The topological polar surface area (TPSA) is 54.4 Å². The van der Waals surface area contributed by atoms with E-state index in [0.29, 0.717) is 0 Å². The Hall–Kier alpha value is -0.273. The van der Waals surface area contributed by atoms with Crippen LogP contribution in [0, 0.1) is 0 Å². The van der Waals surface area contributed by atoms with Crippen LogP contribution in [0.1, 0.15) is 38.2 Å². The van der Waals surface area contributed by atoms with Gasteiger partial charge < -0.3 is 0 Å². The molecule has 1 aromatic carbocycles. The van der Waals surface area contributed by atoms with Gasteiger partial charge in [0.1, 0.15) is 0 Å². The van der Waals surface area contributed by atoms with E-state index in [0.717, 1.165) is 18.4 Å². The van der Waals surface area contributed by atoms with E-state index in [2.05, 4.69) is 6.92 Å². The predicted molar refractivity (Wildman–Crippen MR) is 71.3 cm³/mol. The SMILES string of the molecule is CCCCCCc1ccc(S(=O)(=O)O)cc1.[LiH]. The number of aryl methyl sites for hydroxylation is 1. The minimum atomic E-state index is -4.05. The Morgan fingerprint density at radius 2 is 1.65 bits per heavy atom. The number of rotatable bonds is 6. The van der Waals surface area contributed by atoms with Crippen molar-refractivity contribution in [3.05, 3.63) is 29.8 Å². The molecule has 0 bridgehead atoms. The third-order valence-electron chi connectivity index (χ3n) is 2.54. The van der Waals surface area contributed by atoms with Crippen LogP contribution in [-0.2, 0) is 16.5 Å². The summed E-state index contributed by atoms with van der Waals surface area (Å²) in [6.45, 7) is 2.17. The van der Waals surface area contributed by atoms with E-state index in [1.54, 1.807) is 12.1 Å². The van der Waals surface area contributed by atoms with E-state index < -0.39 is 10.1 Å². The zero-order valence-corrected chi connectivity index (χ0v) is 10.3. The Labute approximate surface area is 116 Å². The second kappa shape index (κ2) is 7.94. The summed E-state index contributed by atoms with van der Waals surface area (Å²) in [6.07, 6.45) is 5.74. The van der Waals surface area contributed by atoms with Gasteiger partial charge in [0.2, 0.25) is 0 Å². The number of unbranched alkanes of at least 4 members (excludes halogenated alkanes) is 3. The van der Waals surface area contributed by atoms with Crippen molar-refractivity contribution >= 4 is 29.0 Å². The Bertz CT molecular complexity index is 412. The summed E-state index contributed by atoms with van der Waals surface area (Å²) >= 11 is 0. The van der Waals surface area contributed by atoms with Crippen LogP contribution in [0.2, 0.25) is 0 Å². The molecular formula is C12H19LiO3S. The first-order chi connectivity index (χ1) is 7.54. The maximum absolute atomic E-state index is 10.8. The van der Waals surface area contributed by atoms with Gasteiger partial charge in [0.25, 0.3) is 10.1 Å². The van der Waals surface area contributed by atoms with Crippen molar-refractivity contribution in [1.82, 2.24) is 0 Å². The average molecular weight is 250 g/mol. The molecule has 1 rings (SSSR count). The van der Waals surface area contributed by atoms with Crippen LogP contribution in [-0.4, -0.2) is 31.8 Å². The second-order valence-corrected chi connectivity index (χ2v) is 5.35. The summed E-state index contributed by atoms with van der Waals surface area (Å²) in [4.78, 5) is -0.0372.